The van der Waals surface area contributed by atoms with E-state index in [1.807, 2.05) is 141 Å². The van der Waals surface area contributed by atoms with Crippen molar-refractivity contribution in [2.24, 2.45) is 0 Å². The summed E-state index contributed by atoms with van der Waals surface area (Å²) in [4.78, 5) is 8.36. The average Bonchev–Trinajstić information content (AvgIpc) is 3.99. The van der Waals surface area contributed by atoms with Crippen LogP contribution < -0.4 is 0 Å². The van der Waals surface area contributed by atoms with Crippen LogP contribution in [0.4, 0.5) is 0 Å². The Kier molecular flexibility index (Phi) is 11.5. The zero-order valence-electron chi connectivity index (χ0n) is 29.4. The van der Waals surface area contributed by atoms with E-state index in [2.05, 4.69) is 104 Å². The third kappa shape index (κ3) is 7.32. The minimum atomic E-state index is 0.907. The highest BCUT2D eigenvalue weighted by Crippen LogP contribution is 2.60. The van der Waals surface area contributed by atoms with Crippen molar-refractivity contribution >= 4 is 141 Å². The van der Waals surface area contributed by atoms with Crippen molar-refractivity contribution in [1.82, 2.24) is 13.7 Å². The fourth-order valence-electron chi connectivity index (χ4n) is 7.45. The molecule has 0 N–H and O–H groups in total. The summed E-state index contributed by atoms with van der Waals surface area (Å²) in [5.41, 5.74) is 9.25. The lowest BCUT2D eigenvalue weighted by atomic mass is 9.83. The standard InChI is InChI=1S/C39H33N3S12/c1-4-22-25(13-40-16-28-29(17-40)50-37(49-28)34-43-7-8-44-34)23(5-2)27(15-42-20-32-33(21-42)54-39(53-32)36-47-11-12-48-36)24(6-3)26(22)14-41-18-30-31(19-41)52-38(51-30)35-45-9-10-46-35/h7-12,16-21H,4-6,13-15H2,1-3H3. The number of hydrogen-bond donors (Lipinski definition) is 0. The molecule has 6 aliphatic rings. The molecular weight excluding hydrogens is 895 g/mol. The van der Waals surface area contributed by atoms with Crippen LogP contribution in [0.25, 0.3) is 0 Å². The molecule has 0 amide bonds. The Morgan fingerprint density at radius 3 is 0.741 bits per heavy atom. The van der Waals surface area contributed by atoms with Gasteiger partial charge < -0.3 is 13.7 Å². The Hall–Kier alpha value is -0.300. The Balaban J connectivity index is 1.02. The second-order valence-corrected chi connectivity index (χ2v) is 26.1. The van der Waals surface area contributed by atoms with Crippen molar-refractivity contribution in [3.8, 4) is 0 Å². The topological polar surface area (TPSA) is 14.8 Å². The SMILES string of the molecule is CCc1c(Cn2cc3c(c2)SC(=C2SC=CS2)S3)c(CC)c(Cn2cc3c(c2)SC(=C2SC=CS2)S3)c(CC)c1Cn1cc2c(c1)SC(=C1SC=CS1)S2. The molecule has 0 unspecified atom stereocenters. The van der Waals surface area contributed by atoms with Gasteiger partial charge in [-0.05, 0) is 85.1 Å². The number of thioether (sulfide) groups is 12. The zero-order valence-corrected chi connectivity index (χ0v) is 39.2. The molecule has 0 radical (unpaired) electrons. The smallest absolute Gasteiger partial charge is 0.0707 e. The largest absolute Gasteiger partial charge is 0.348 e. The molecule has 3 nitrogen and oxygen atoms in total. The number of hydrogen-bond acceptors (Lipinski definition) is 12. The number of nitrogens with zero attached hydrogens (tertiary/aromatic N) is 3. The van der Waals surface area contributed by atoms with E-state index in [4.69, 9.17) is 0 Å². The van der Waals surface area contributed by atoms with E-state index in [-0.39, 0.29) is 0 Å². The monoisotopic (exact) mass is 927 g/mol. The molecule has 4 aromatic rings. The first kappa shape index (κ1) is 37.9. The molecule has 9 heterocycles. The van der Waals surface area contributed by atoms with Gasteiger partial charge in [0.15, 0.2) is 0 Å². The second-order valence-electron chi connectivity index (χ2n) is 12.8. The van der Waals surface area contributed by atoms with Crippen molar-refractivity contribution in [1.29, 1.82) is 0 Å². The number of aromatic nitrogens is 3. The molecule has 54 heavy (non-hydrogen) atoms. The summed E-state index contributed by atoms with van der Waals surface area (Å²) in [7, 11) is 0. The lowest BCUT2D eigenvalue weighted by Crippen LogP contribution is -2.18. The summed E-state index contributed by atoms with van der Waals surface area (Å²) >= 11 is 22.8. The molecular formula is C39H33N3S12. The van der Waals surface area contributed by atoms with Gasteiger partial charge in [0.2, 0.25) is 0 Å². The van der Waals surface area contributed by atoms with E-state index >= 15 is 0 Å². The summed E-state index contributed by atoms with van der Waals surface area (Å²) in [5.74, 6) is 0. The van der Waals surface area contributed by atoms with E-state index < -0.39 is 0 Å². The summed E-state index contributed by atoms with van der Waals surface area (Å²) < 4.78 is 16.0. The van der Waals surface area contributed by atoms with Crippen LogP contribution in [0.5, 0.6) is 0 Å². The highest BCUT2D eigenvalue weighted by molar-refractivity contribution is 8.33. The Morgan fingerprint density at radius 1 is 0.315 bits per heavy atom. The van der Waals surface area contributed by atoms with Crippen LogP contribution in [0.1, 0.15) is 54.2 Å². The van der Waals surface area contributed by atoms with Crippen LogP contribution in [-0.4, -0.2) is 13.7 Å². The quantitative estimate of drug-likeness (QED) is 0.159. The minimum Gasteiger partial charge on any atom is -0.348 e. The zero-order chi connectivity index (χ0) is 36.3. The van der Waals surface area contributed by atoms with Crippen molar-refractivity contribution in [3.63, 3.8) is 0 Å². The van der Waals surface area contributed by atoms with Crippen LogP contribution in [0.3, 0.4) is 0 Å². The maximum absolute atomic E-state index is 2.48. The molecule has 10 rings (SSSR count). The first-order chi connectivity index (χ1) is 26.5. The van der Waals surface area contributed by atoms with Crippen molar-refractivity contribution < 1.29 is 0 Å². The van der Waals surface area contributed by atoms with Gasteiger partial charge in [-0.3, -0.25) is 0 Å². The molecule has 0 bridgehead atoms. The fourth-order valence-corrected chi connectivity index (χ4v) is 21.6. The average molecular weight is 929 g/mol. The van der Waals surface area contributed by atoms with Gasteiger partial charge >= 0.3 is 0 Å². The molecule has 15 heteroatoms. The van der Waals surface area contributed by atoms with E-state index in [0.717, 1.165) is 38.9 Å². The Labute approximate surface area is 368 Å². The normalized spacial score (nSPS) is 18.5. The van der Waals surface area contributed by atoms with E-state index in [0.29, 0.717) is 0 Å². The summed E-state index contributed by atoms with van der Waals surface area (Å²) in [6, 6.07) is 0. The second kappa shape index (κ2) is 16.4. The van der Waals surface area contributed by atoms with Crippen molar-refractivity contribution in [3.05, 3.63) is 128 Å². The highest BCUT2D eigenvalue weighted by Gasteiger charge is 2.29. The van der Waals surface area contributed by atoms with E-state index in [9.17, 15) is 0 Å². The molecule has 0 spiro atoms. The number of rotatable bonds is 9. The highest BCUT2D eigenvalue weighted by atomic mass is 32.2. The van der Waals surface area contributed by atoms with Crippen LogP contribution in [0.2, 0.25) is 0 Å². The van der Waals surface area contributed by atoms with E-state index in [1.54, 1.807) is 16.7 Å². The van der Waals surface area contributed by atoms with Gasteiger partial charge in [0, 0.05) is 86.2 Å². The third-order valence-electron chi connectivity index (χ3n) is 9.63. The molecule has 276 valence electrons. The van der Waals surface area contributed by atoms with Crippen LogP contribution in [0, 0.1) is 0 Å². The molecule has 1 aromatic carbocycles. The lowest BCUT2D eigenvalue weighted by Gasteiger charge is -2.27. The van der Waals surface area contributed by atoms with Crippen LogP contribution in [-0.2, 0) is 38.9 Å². The van der Waals surface area contributed by atoms with Crippen molar-refractivity contribution in [2.75, 3.05) is 0 Å². The predicted molar refractivity (Wildman–Crippen MR) is 254 cm³/mol. The van der Waals surface area contributed by atoms with Gasteiger partial charge in [0.1, 0.15) is 0 Å². The maximum Gasteiger partial charge on any atom is 0.0707 e. The molecule has 0 fully saturated rings. The first-order valence-electron chi connectivity index (χ1n) is 17.6. The predicted octanol–water partition coefficient (Wildman–Crippen LogP) is 15.7. The van der Waals surface area contributed by atoms with Crippen LogP contribution >= 0.6 is 141 Å². The van der Waals surface area contributed by atoms with Crippen LogP contribution in [0.15, 0.2) is 124 Å². The first-order valence-corrected chi connectivity index (χ1v) is 27.7. The summed E-state index contributed by atoms with van der Waals surface area (Å²) in [6.45, 7) is 9.86. The Bertz CT molecular complexity index is 2010. The van der Waals surface area contributed by atoms with Gasteiger partial charge in [-0.15, -0.1) is 0 Å². The van der Waals surface area contributed by atoms with Crippen molar-refractivity contribution in [2.45, 2.75) is 89.0 Å². The molecule has 0 saturated carbocycles. The maximum atomic E-state index is 2.48. The van der Waals surface area contributed by atoms with Gasteiger partial charge in [0.25, 0.3) is 0 Å². The minimum absolute atomic E-state index is 0.907. The third-order valence-corrected chi connectivity index (χ3v) is 25.1. The summed E-state index contributed by atoms with van der Waals surface area (Å²) in [6.07, 6.45) is 17.5. The molecule has 6 aliphatic heterocycles. The van der Waals surface area contributed by atoms with E-state index in [1.165, 1.54) is 71.5 Å². The summed E-state index contributed by atoms with van der Waals surface area (Å²) in [5, 5.41) is 13.2. The Morgan fingerprint density at radius 2 is 0.537 bits per heavy atom. The molecule has 0 aliphatic carbocycles. The fraction of sp³-hybridized carbons (Fsp3) is 0.231. The van der Waals surface area contributed by atoms with Gasteiger partial charge in [-0.2, -0.15) is 0 Å². The molecule has 0 saturated heterocycles. The molecule has 3 aromatic heterocycles. The van der Waals surface area contributed by atoms with Gasteiger partial charge in [0.05, 0.1) is 25.4 Å². The number of benzene rings is 1. The lowest BCUT2D eigenvalue weighted by molar-refractivity contribution is 0.716. The van der Waals surface area contributed by atoms with Gasteiger partial charge in [-0.25, -0.2) is 0 Å². The molecule has 0 atom stereocenters. The number of fused-ring (bicyclic) bond motifs is 3. The van der Waals surface area contributed by atoms with Gasteiger partial charge in [-0.1, -0.05) is 162 Å².